The molecule has 0 bridgehead atoms. The minimum absolute atomic E-state index is 0.538. The van der Waals surface area contributed by atoms with Crippen molar-refractivity contribution in [2.45, 2.75) is 32.6 Å². The molecule has 1 aliphatic carbocycles. The third-order valence-electron chi connectivity index (χ3n) is 2.90. The first kappa shape index (κ1) is 10.7. The zero-order valence-electron chi connectivity index (χ0n) is 8.11. The van der Waals surface area contributed by atoms with Crippen molar-refractivity contribution in [3.8, 4) is 0 Å². The highest BCUT2D eigenvalue weighted by Crippen LogP contribution is 2.49. The van der Waals surface area contributed by atoms with Crippen molar-refractivity contribution in [2.24, 2.45) is 11.3 Å². The van der Waals surface area contributed by atoms with Gasteiger partial charge < -0.3 is 0 Å². The Morgan fingerprint density at radius 1 is 1.50 bits per heavy atom. The van der Waals surface area contributed by atoms with E-state index in [4.69, 9.17) is 11.6 Å². The molecule has 1 saturated carbocycles. The lowest BCUT2D eigenvalue weighted by molar-refractivity contribution is 0.0810. The van der Waals surface area contributed by atoms with Crippen LogP contribution in [0.3, 0.4) is 0 Å². The molecule has 0 N–H and O–H groups in total. The van der Waals surface area contributed by atoms with E-state index in [-0.39, 0.29) is 0 Å². The highest BCUT2D eigenvalue weighted by molar-refractivity contribution is 7.98. The van der Waals surface area contributed by atoms with E-state index in [2.05, 4.69) is 13.2 Å². The monoisotopic (exact) mass is 206 g/mol. The van der Waals surface area contributed by atoms with Gasteiger partial charge in [0.15, 0.2) is 0 Å². The number of alkyl halides is 1. The summed E-state index contributed by atoms with van der Waals surface area (Å²) in [5, 5.41) is 0. The van der Waals surface area contributed by atoms with Gasteiger partial charge in [-0.2, -0.15) is 11.8 Å². The van der Waals surface area contributed by atoms with Crippen LogP contribution < -0.4 is 0 Å². The van der Waals surface area contributed by atoms with Gasteiger partial charge in [-0.05, 0) is 49.0 Å². The Balaban J connectivity index is 2.18. The van der Waals surface area contributed by atoms with Crippen LogP contribution in [0.15, 0.2) is 0 Å². The van der Waals surface area contributed by atoms with E-state index < -0.39 is 0 Å². The summed E-state index contributed by atoms with van der Waals surface area (Å²) in [6, 6.07) is 0. The Kier molecular flexibility index (Phi) is 4.25. The second kappa shape index (κ2) is 4.76. The molecule has 1 rings (SSSR count). The highest BCUT2D eigenvalue weighted by atomic mass is 35.5. The molecule has 72 valence electrons. The molecule has 0 amide bonds. The van der Waals surface area contributed by atoms with Gasteiger partial charge in [-0.15, -0.1) is 11.6 Å². The van der Waals surface area contributed by atoms with Crippen molar-refractivity contribution in [3.63, 3.8) is 0 Å². The van der Waals surface area contributed by atoms with Crippen LogP contribution in [0.25, 0.3) is 0 Å². The number of hydrogen-bond acceptors (Lipinski definition) is 1. The molecular formula is C10H19ClS. The first-order chi connectivity index (χ1) is 5.72. The average molecular weight is 207 g/mol. The molecule has 12 heavy (non-hydrogen) atoms. The predicted octanol–water partition coefficient (Wildman–Crippen LogP) is 3.78. The van der Waals surface area contributed by atoms with Crippen LogP contribution in [-0.2, 0) is 0 Å². The summed E-state index contributed by atoms with van der Waals surface area (Å²) in [7, 11) is 0. The minimum Gasteiger partial charge on any atom is -0.165 e. The molecular weight excluding hydrogens is 188 g/mol. The fourth-order valence-corrected chi connectivity index (χ4v) is 3.18. The Bertz CT molecular complexity index is 130. The van der Waals surface area contributed by atoms with Gasteiger partial charge in [0.05, 0.1) is 0 Å². The second-order valence-electron chi connectivity index (χ2n) is 4.24. The van der Waals surface area contributed by atoms with Crippen LogP contribution in [0.5, 0.6) is 0 Å². The molecule has 1 aliphatic rings. The topological polar surface area (TPSA) is 0 Å². The zero-order chi connectivity index (χ0) is 9.03. The van der Waals surface area contributed by atoms with E-state index in [0.29, 0.717) is 5.41 Å². The Morgan fingerprint density at radius 3 is 2.58 bits per heavy atom. The third kappa shape index (κ3) is 2.56. The standard InChI is InChI=1S/C10H19ClS/c1-9-6-10(7-9,8-11)4-3-5-12-2/h9H,3-8H2,1-2H3. The van der Waals surface area contributed by atoms with E-state index in [1.165, 1.54) is 31.4 Å². The van der Waals surface area contributed by atoms with Gasteiger partial charge in [0.25, 0.3) is 0 Å². The number of rotatable bonds is 5. The molecule has 0 heterocycles. The molecule has 0 spiro atoms. The molecule has 2 heteroatoms. The van der Waals surface area contributed by atoms with Crippen LogP contribution in [0.4, 0.5) is 0 Å². The summed E-state index contributed by atoms with van der Waals surface area (Å²) < 4.78 is 0. The maximum atomic E-state index is 6.00. The van der Waals surface area contributed by atoms with E-state index in [0.717, 1.165) is 11.8 Å². The molecule has 0 unspecified atom stereocenters. The summed E-state index contributed by atoms with van der Waals surface area (Å²) in [4.78, 5) is 0. The van der Waals surface area contributed by atoms with Crippen LogP contribution in [0.2, 0.25) is 0 Å². The number of hydrogen-bond donors (Lipinski definition) is 0. The summed E-state index contributed by atoms with van der Waals surface area (Å²) in [6.45, 7) is 2.33. The molecule has 0 nitrogen and oxygen atoms in total. The van der Waals surface area contributed by atoms with Gasteiger partial charge in [0.1, 0.15) is 0 Å². The maximum Gasteiger partial charge on any atom is 0.0280 e. The van der Waals surface area contributed by atoms with E-state index in [1.807, 2.05) is 11.8 Å². The molecule has 0 saturated heterocycles. The molecule has 0 aromatic heterocycles. The summed E-state index contributed by atoms with van der Waals surface area (Å²) in [5.41, 5.74) is 0.538. The van der Waals surface area contributed by atoms with Gasteiger partial charge in [0, 0.05) is 5.88 Å². The predicted molar refractivity (Wildman–Crippen MR) is 59.2 cm³/mol. The molecule has 0 aromatic rings. The van der Waals surface area contributed by atoms with Crippen LogP contribution in [0, 0.1) is 11.3 Å². The normalized spacial score (nSPS) is 34.8. The first-order valence-electron chi connectivity index (χ1n) is 4.77. The van der Waals surface area contributed by atoms with E-state index in [9.17, 15) is 0 Å². The Labute approximate surface area is 85.4 Å². The molecule has 0 aliphatic heterocycles. The van der Waals surface area contributed by atoms with Gasteiger partial charge in [-0.1, -0.05) is 6.92 Å². The van der Waals surface area contributed by atoms with Crippen LogP contribution in [0.1, 0.15) is 32.6 Å². The van der Waals surface area contributed by atoms with Gasteiger partial charge >= 0.3 is 0 Å². The quantitative estimate of drug-likeness (QED) is 0.487. The Morgan fingerprint density at radius 2 is 2.17 bits per heavy atom. The van der Waals surface area contributed by atoms with Crippen LogP contribution in [-0.4, -0.2) is 17.9 Å². The summed E-state index contributed by atoms with van der Waals surface area (Å²) in [5.74, 6) is 3.11. The molecule has 0 atom stereocenters. The van der Waals surface area contributed by atoms with E-state index in [1.54, 1.807) is 0 Å². The number of thioether (sulfide) groups is 1. The van der Waals surface area contributed by atoms with Crippen molar-refractivity contribution >= 4 is 23.4 Å². The van der Waals surface area contributed by atoms with Crippen molar-refractivity contribution in [2.75, 3.05) is 17.9 Å². The summed E-state index contributed by atoms with van der Waals surface area (Å²) >= 11 is 7.94. The fourth-order valence-electron chi connectivity index (χ4n) is 2.39. The van der Waals surface area contributed by atoms with Crippen LogP contribution >= 0.6 is 23.4 Å². The first-order valence-corrected chi connectivity index (χ1v) is 6.70. The van der Waals surface area contributed by atoms with Crippen molar-refractivity contribution < 1.29 is 0 Å². The van der Waals surface area contributed by atoms with Gasteiger partial charge in [-0.25, -0.2) is 0 Å². The smallest absolute Gasteiger partial charge is 0.0280 e. The maximum absolute atomic E-state index is 6.00. The summed E-state index contributed by atoms with van der Waals surface area (Å²) in [6.07, 6.45) is 7.61. The van der Waals surface area contributed by atoms with Crippen molar-refractivity contribution in [1.29, 1.82) is 0 Å². The largest absolute Gasteiger partial charge is 0.165 e. The van der Waals surface area contributed by atoms with Crippen molar-refractivity contribution in [1.82, 2.24) is 0 Å². The average Bonchev–Trinajstić information content (AvgIpc) is 2.01. The lowest BCUT2D eigenvalue weighted by atomic mass is 9.62. The van der Waals surface area contributed by atoms with Crippen molar-refractivity contribution in [3.05, 3.63) is 0 Å². The minimum atomic E-state index is 0.538. The lowest BCUT2D eigenvalue weighted by Crippen LogP contribution is -2.37. The Hall–Kier alpha value is 0.640. The molecule has 1 fully saturated rings. The van der Waals surface area contributed by atoms with Gasteiger partial charge in [-0.3, -0.25) is 0 Å². The second-order valence-corrected chi connectivity index (χ2v) is 5.50. The SMILES string of the molecule is CSCCCC1(CCl)CC(C)C1. The lowest BCUT2D eigenvalue weighted by Gasteiger charge is -2.45. The van der Waals surface area contributed by atoms with E-state index >= 15 is 0 Å². The fraction of sp³-hybridized carbons (Fsp3) is 1.00. The molecule has 0 radical (unpaired) electrons. The zero-order valence-corrected chi connectivity index (χ0v) is 9.68. The highest BCUT2D eigenvalue weighted by Gasteiger charge is 2.40. The number of halogens is 1. The van der Waals surface area contributed by atoms with Gasteiger partial charge in [0.2, 0.25) is 0 Å². The molecule has 0 aromatic carbocycles. The third-order valence-corrected chi connectivity index (χ3v) is 4.17.